The molecular formula is C12H13FN2O2. The summed E-state index contributed by atoms with van der Waals surface area (Å²) in [5, 5.41) is 12.0. The van der Waals surface area contributed by atoms with Gasteiger partial charge in [0.1, 0.15) is 30.3 Å². The molecule has 1 atom stereocenters. The lowest BCUT2D eigenvalue weighted by atomic mass is 10.2. The highest BCUT2D eigenvalue weighted by Crippen LogP contribution is 2.19. The first-order valence-corrected chi connectivity index (χ1v) is 5.44. The lowest BCUT2D eigenvalue weighted by molar-refractivity contribution is 0.000128. The third kappa shape index (κ3) is 3.16. The minimum absolute atomic E-state index is 0.0275. The van der Waals surface area contributed by atoms with Crippen molar-refractivity contribution < 1.29 is 13.9 Å². The van der Waals surface area contributed by atoms with Gasteiger partial charge in [-0.1, -0.05) is 0 Å². The molecule has 1 aromatic rings. The average Bonchev–Trinajstić information content (AvgIpc) is 2.38. The second-order valence-electron chi connectivity index (χ2n) is 3.76. The molecule has 0 saturated carbocycles. The average molecular weight is 236 g/mol. The van der Waals surface area contributed by atoms with Crippen LogP contribution in [0.5, 0.6) is 5.75 Å². The summed E-state index contributed by atoms with van der Waals surface area (Å²) >= 11 is 0. The molecule has 17 heavy (non-hydrogen) atoms. The van der Waals surface area contributed by atoms with Crippen LogP contribution in [0.25, 0.3) is 0 Å². The van der Waals surface area contributed by atoms with Crippen molar-refractivity contribution in [2.75, 3.05) is 26.3 Å². The van der Waals surface area contributed by atoms with Crippen molar-refractivity contribution in [1.29, 1.82) is 5.26 Å². The number of nitriles is 1. The van der Waals surface area contributed by atoms with Crippen LogP contribution in [-0.4, -0.2) is 32.4 Å². The van der Waals surface area contributed by atoms with Crippen LogP contribution in [0.2, 0.25) is 0 Å². The van der Waals surface area contributed by atoms with Crippen molar-refractivity contribution in [3.8, 4) is 11.8 Å². The van der Waals surface area contributed by atoms with E-state index in [0.717, 1.165) is 19.2 Å². The van der Waals surface area contributed by atoms with Gasteiger partial charge in [-0.05, 0) is 18.2 Å². The number of morpholine rings is 1. The first-order chi connectivity index (χ1) is 8.29. The van der Waals surface area contributed by atoms with E-state index >= 15 is 0 Å². The van der Waals surface area contributed by atoms with Gasteiger partial charge in [-0.25, -0.2) is 4.39 Å². The zero-order valence-electron chi connectivity index (χ0n) is 9.28. The maximum absolute atomic E-state index is 12.9. The molecule has 1 fully saturated rings. The summed E-state index contributed by atoms with van der Waals surface area (Å²) in [5.41, 5.74) is 0.203. The maximum atomic E-state index is 12.9. The molecule has 0 aromatic heterocycles. The summed E-state index contributed by atoms with van der Waals surface area (Å²) in [5.74, 6) is -0.0486. The summed E-state index contributed by atoms with van der Waals surface area (Å²) < 4.78 is 23.8. The number of hydrogen-bond donors (Lipinski definition) is 1. The Morgan fingerprint density at radius 1 is 1.59 bits per heavy atom. The molecule has 1 aliphatic heterocycles. The fourth-order valence-electron chi connectivity index (χ4n) is 1.62. The van der Waals surface area contributed by atoms with E-state index in [-0.39, 0.29) is 11.7 Å². The summed E-state index contributed by atoms with van der Waals surface area (Å²) in [7, 11) is 0. The molecule has 0 amide bonds. The minimum Gasteiger partial charge on any atom is -0.489 e. The van der Waals surface area contributed by atoms with Gasteiger partial charge < -0.3 is 14.8 Å². The van der Waals surface area contributed by atoms with Crippen molar-refractivity contribution in [3.63, 3.8) is 0 Å². The third-order valence-corrected chi connectivity index (χ3v) is 2.49. The van der Waals surface area contributed by atoms with Gasteiger partial charge >= 0.3 is 0 Å². The van der Waals surface area contributed by atoms with Crippen molar-refractivity contribution in [2.45, 2.75) is 6.10 Å². The van der Waals surface area contributed by atoms with Crippen LogP contribution in [0.4, 0.5) is 4.39 Å². The van der Waals surface area contributed by atoms with E-state index in [1.165, 1.54) is 12.1 Å². The second-order valence-corrected chi connectivity index (χ2v) is 3.76. The first-order valence-electron chi connectivity index (χ1n) is 5.44. The van der Waals surface area contributed by atoms with Crippen molar-refractivity contribution in [1.82, 2.24) is 5.32 Å². The molecule has 0 spiro atoms. The normalized spacial score (nSPS) is 19.6. The zero-order valence-corrected chi connectivity index (χ0v) is 9.28. The fraction of sp³-hybridized carbons (Fsp3) is 0.417. The highest BCUT2D eigenvalue weighted by atomic mass is 19.1. The van der Waals surface area contributed by atoms with Crippen LogP contribution in [-0.2, 0) is 4.74 Å². The molecule has 0 bridgehead atoms. The Morgan fingerprint density at radius 3 is 3.18 bits per heavy atom. The Bertz CT molecular complexity index is 425. The van der Waals surface area contributed by atoms with Gasteiger partial charge in [0.15, 0.2) is 0 Å². The van der Waals surface area contributed by atoms with Gasteiger partial charge in [0.25, 0.3) is 0 Å². The van der Waals surface area contributed by atoms with Crippen LogP contribution in [0.15, 0.2) is 18.2 Å². The SMILES string of the molecule is N#Cc1cc(F)ccc1OCC1CNCCO1. The molecule has 1 unspecified atom stereocenters. The van der Waals surface area contributed by atoms with Crippen LogP contribution in [0, 0.1) is 17.1 Å². The highest BCUT2D eigenvalue weighted by Gasteiger charge is 2.15. The molecule has 4 nitrogen and oxygen atoms in total. The summed E-state index contributed by atoms with van der Waals surface area (Å²) in [6.07, 6.45) is -0.0275. The number of benzene rings is 1. The van der Waals surface area contributed by atoms with Crippen molar-refractivity contribution >= 4 is 0 Å². The lowest BCUT2D eigenvalue weighted by Gasteiger charge is -2.23. The number of rotatable bonds is 3. The molecule has 1 aliphatic rings. The predicted molar refractivity (Wildman–Crippen MR) is 59.2 cm³/mol. The molecule has 1 saturated heterocycles. The number of hydrogen-bond acceptors (Lipinski definition) is 4. The monoisotopic (exact) mass is 236 g/mol. The fourth-order valence-corrected chi connectivity index (χ4v) is 1.62. The highest BCUT2D eigenvalue weighted by molar-refractivity contribution is 5.43. The second kappa shape index (κ2) is 5.62. The molecule has 1 N–H and O–H groups in total. The van der Waals surface area contributed by atoms with E-state index in [1.807, 2.05) is 6.07 Å². The van der Waals surface area contributed by atoms with Crippen molar-refractivity contribution in [2.24, 2.45) is 0 Å². The number of nitrogens with one attached hydrogen (secondary N) is 1. The predicted octanol–water partition coefficient (Wildman–Crippen LogP) is 1.06. The van der Waals surface area contributed by atoms with Gasteiger partial charge in [-0.3, -0.25) is 0 Å². The summed E-state index contributed by atoms with van der Waals surface area (Å²) in [6, 6.07) is 5.80. The molecule has 1 aromatic carbocycles. The van der Waals surface area contributed by atoms with Crippen molar-refractivity contribution in [3.05, 3.63) is 29.6 Å². The maximum Gasteiger partial charge on any atom is 0.137 e. The van der Waals surface area contributed by atoms with Gasteiger partial charge in [0, 0.05) is 13.1 Å². The smallest absolute Gasteiger partial charge is 0.137 e. The molecule has 90 valence electrons. The van der Waals surface area contributed by atoms with Gasteiger partial charge in [0.2, 0.25) is 0 Å². The van der Waals surface area contributed by atoms with E-state index in [0.29, 0.717) is 19.0 Å². The Hall–Kier alpha value is -1.64. The number of halogens is 1. The third-order valence-electron chi connectivity index (χ3n) is 2.49. The Labute approximate surface area is 99.0 Å². The molecule has 0 aliphatic carbocycles. The Balaban J connectivity index is 1.96. The topological polar surface area (TPSA) is 54.3 Å². The lowest BCUT2D eigenvalue weighted by Crippen LogP contribution is -2.41. The van der Waals surface area contributed by atoms with Gasteiger partial charge in [0.05, 0.1) is 12.2 Å². The number of ether oxygens (including phenoxy) is 2. The zero-order chi connectivity index (χ0) is 12.1. The molecule has 1 heterocycles. The number of nitrogens with zero attached hydrogens (tertiary/aromatic N) is 1. The first kappa shape index (κ1) is 11.8. The molecule has 2 rings (SSSR count). The standard InChI is InChI=1S/C12H13FN2O2/c13-10-1-2-12(9(5-10)6-14)17-8-11-7-15-3-4-16-11/h1-2,5,11,15H,3-4,7-8H2. The van der Waals surface area contributed by atoms with E-state index in [1.54, 1.807) is 0 Å². The molecular weight excluding hydrogens is 223 g/mol. The molecule has 5 heteroatoms. The molecule has 0 radical (unpaired) electrons. The van der Waals surface area contributed by atoms with E-state index in [2.05, 4.69) is 5.32 Å². The van der Waals surface area contributed by atoms with E-state index in [4.69, 9.17) is 14.7 Å². The van der Waals surface area contributed by atoms with Crippen LogP contribution in [0.1, 0.15) is 5.56 Å². The minimum atomic E-state index is -0.440. The summed E-state index contributed by atoms with van der Waals surface area (Å²) in [6.45, 7) is 2.58. The van der Waals surface area contributed by atoms with Gasteiger partial charge in [-0.2, -0.15) is 5.26 Å². The van der Waals surface area contributed by atoms with Crippen LogP contribution < -0.4 is 10.1 Å². The van der Waals surface area contributed by atoms with Gasteiger partial charge in [-0.15, -0.1) is 0 Å². The van der Waals surface area contributed by atoms with E-state index < -0.39 is 5.82 Å². The largest absolute Gasteiger partial charge is 0.489 e. The van der Waals surface area contributed by atoms with Crippen LogP contribution in [0.3, 0.4) is 0 Å². The summed E-state index contributed by atoms with van der Waals surface area (Å²) in [4.78, 5) is 0. The Kier molecular flexibility index (Phi) is 3.91. The van der Waals surface area contributed by atoms with Crippen LogP contribution >= 0.6 is 0 Å². The quantitative estimate of drug-likeness (QED) is 0.852. The Morgan fingerprint density at radius 2 is 2.47 bits per heavy atom. The van der Waals surface area contributed by atoms with E-state index in [9.17, 15) is 4.39 Å².